The van der Waals surface area contributed by atoms with E-state index in [0.29, 0.717) is 26.3 Å². The normalized spacial score (nSPS) is 26.5. The Kier molecular flexibility index (Phi) is 3.99. The maximum atomic E-state index is 12.6. The summed E-state index contributed by atoms with van der Waals surface area (Å²) >= 11 is 0. The Morgan fingerprint density at radius 3 is 2.74 bits per heavy atom. The van der Waals surface area contributed by atoms with Gasteiger partial charge in [-0.15, -0.1) is 0 Å². The molecule has 19 heavy (non-hydrogen) atoms. The van der Waals surface area contributed by atoms with Crippen LogP contribution in [-0.2, 0) is 9.53 Å². The van der Waals surface area contributed by atoms with Gasteiger partial charge in [0.15, 0.2) is 0 Å². The minimum Gasteiger partial charge on any atom is -0.481 e. The third kappa shape index (κ3) is 3.00. The highest BCUT2D eigenvalue weighted by atomic mass is 16.5. The van der Waals surface area contributed by atoms with Crippen molar-refractivity contribution in [3.05, 3.63) is 0 Å². The van der Waals surface area contributed by atoms with Gasteiger partial charge in [0, 0.05) is 19.1 Å². The van der Waals surface area contributed by atoms with Gasteiger partial charge < -0.3 is 19.6 Å². The molecular weight excluding hydrogens is 248 g/mol. The van der Waals surface area contributed by atoms with E-state index in [4.69, 9.17) is 9.84 Å². The fourth-order valence-corrected chi connectivity index (χ4v) is 2.87. The summed E-state index contributed by atoms with van der Waals surface area (Å²) in [6.07, 6.45) is 1.70. The zero-order valence-electron chi connectivity index (χ0n) is 11.6. The van der Waals surface area contributed by atoms with E-state index in [1.807, 2.05) is 18.7 Å². The molecule has 2 heterocycles. The van der Waals surface area contributed by atoms with E-state index in [1.165, 1.54) is 0 Å². The molecule has 2 rings (SSSR count). The molecule has 2 fully saturated rings. The average Bonchev–Trinajstić information content (AvgIpc) is 2.75. The Bertz CT molecular complexity index is 370. The molecule has 2 aliphatic heterocycles. The molecule has 0 spiro atoms. The molecule has 0 radical (unpaired) electrons. The van der Waals surface area contributed by atoms with Gasteiger partial charge in [-0.3, -0.25) is 4.79 Å². The van der Waals surface area contributed by atoms with Gasteiger partial charge in [0.2, 0.25) is 0 Å². The Hall–Kier alpha value is -1.30. The zero-order valence-corrected chi connectivity index (χ0v) is 11.6. The van der Waals surface area contributed by atoms with E-state index in [0.717, 1.165) is 12.8 Å². The molecule has 0 aromatic heterocycles. The number of nitrogens with zero attached hydrogens (tertiary/aromatic N) is 2. The molecule has 6 heteroatoms. The molecule has 1 atom stereocenters. The molecule has 1 N–H and O–H groups in total. The molecule has 0 bridgehead atoms. The summed E-state index contributed by atoms with van der Waals surface area (Å²) in [6, 6.07) is -0.208. The van der Waals surface area contributed by atoms with Crippen molar-refractivity contribution in [3.63, 3.8) is 0 Å². The van der Waals surface area contributed by atoms with Crippen molar-refractivity contribution in [2.24, 2.45) is 0 Å². The Morgan fingerprint density at radius 1 is 1.37 bits per heavy atom. The third-order valence-corrected chi connectivity index (χ3v) is 3.91. The fraction of sp³-hybridized carbons (Fsp3) is 0.846. The van der Waals surface area contributed by atoms with Crippen molar-refractivity contribution in [2.45, 2.75) is 44.7 Å². The van der Waals surface area contributed by atoms with Crippen LogP contribution in [0.3, 0.4) is 0 Å². The first kappa shape index (κ1) is 14.1. The number of hydrogen-bond acceptors (Lipinski definition) is 3. The van der Waals surface area contributed by atoms with Crippen molar-refractivity contribution in [1.82, 2.24) is 9.80 Å². The number of carboxylic acid groups (broad SMARTS) is 1. The van der Waals surface area contributed by atoms with E-state index < -0.39 is 5.97 Å². The van der Waals surface area contributed by atoms with E-state index in [2.05, 4.69) is 0 Å². The molecule has 0 saturated carbocycles. The van der Waals surface area contributed by atoms with Crippen molar-refractivity contribution in [3.8, 4) is 0 Å². The lowest BCUT2D eigenvalue weighted by Gasteiger charge is -2.44. The number of urea groups is 1. The molecule has 108 valence electrons. The maximum absolute atomic E-state index is 12.6. The number of carbonyl (C=O) groups excluding carboxylic acids is 1. The maximum Gasteiger partial charge on any atom is 0.320 e. The monoisotopic (exact) mass is 270 g/mol. The van der Waals surface area contributed by atoms with Crippen LogP contribution in [-0.4, -0.2) is 64.8 Å². The number of rotatable bonds is 2. The highest BCUT2D eigenvalue weighted by Gasteiger charge is 2.40. The lowest BCUT2D eigenvalue weighted by molar-refractivity contribution is -0.138. The van der Waals surface area contributed by atoms with Crippen LogP contribution >= 0.6 is 0 Å². The first-order valence-corrected chi connectivity index (χ1v) is 6.79. The van der Waals surface area contributed by atoms with Gasteiger partial charge in [0.1, 0.15) is 0 Å². The number of amides is 2. The predicted molar refractivity (Wildman–Crippen MR) is 69.0 cm³/mol. The summed E-state index contributed by atoms with van der Waals surface area (Å²) in [7, 11) is 0. The number of carboxylic acids is 1. The van der Waals surface area contributed by atoms with E-state index in [-0.39, 0.29) is 24.0 Å². The van der Waals surface area contributed by atoms with E-state index >= 15 is 0 Å². The molecule has 2 amide bonds. The van der Waals surface area contributed by atoms with Crippen LogP contribution in [0, 0.1) is 0 Å². The quantitative estimate of drug-likeness (QED) is 0.817. The highest BCUT2D eigenvalue weighted by Crippen LogP contribution is 2.26. The number of ether oxygens (including phenoxy) is 1. The summed E-state index contributed by atoms with van der Waals surface area (Å²) in [5, 5.41) is 8.91. The van der Waals surface area contributed by atoms with Crippen LogP contribution in [0.2, 0.25) is 0 Å². The van der Waals surface area contributed by atoms with Crippen LogP contribution in [0.25, 0.3) is 0 Å². The Labute approximate surface area is 113 Å². The second-order valence-electron chi connectivity index (χ2n) is 5.89. The molecule has 1 unspecified atom stereocenters. The minimum atomic E-state index is -0.842. The fourth-order valence-electron chi connectivity index (χ4n) is 2.87. The first-order valence-electron chi connectivity index (χ1n) is 6.79. The first-order chi connectivity index (χ1) is 8.92. The molecule has 2 aliphatic rings. The van der Waals surface area contributed by atoms with Gasteiger partial charge in [-0.1, -0.05) is 0 Å². The van der Waals surface area contributed by atoms with Crippen LogP contribution in [0.5, 0.6) is 0 Å². The number of morpholine rings is 1. The lowest BCUT2D eigenvalue weighted by Crippen LogP contribution is -2.59. The SMILES string of the molecule is CC1(C)COCCN1C(=O)N1CCCC1CC(=O)O. The standard InChI is InChI=1S/C13H22N2O4/c1-13(2)9-19-7-6-15(13)12(18)14-5-3-4-10(14)8-11(16)17/h10H,3-9H2,1-2H3,(H,16,17). The highest BCUT2D eigenvalue weighted by molar-refractivity contribution is 5.77. The molecule has 0 aliphatic carbocycles. The Morgan fingerprint density at radius 2 is 2.11 bits per heavy atom. The van der Waals surface area contributed by atoms with Crippen LogP contribution in [0.15, 0.2) is 0 Å². The molecule has 0 aromatic rings. The zero-order chi connectivity index (χ0) is 14.0. The number of hydrogen-bond donors (Lipinski definition) is 1. The summed E-state index contributed by atoms with van der Waals surface area (Å²) < 4.78 is 5.41. The van der Waals surface area contributed by atoms with E-state index in [9.17, 15) is 9.59 Å². The van der Waals surface area contributed by atoms with Gasteiger partial charge in [-0.05, 0) is 26.7 Å². The van der Waals surface area contributed by atoms with Crippen LogP contribution in [0.4, 0.5) is 4.79 Å². The molecular formula is C13H22N2O4. The van der Waals surface area contributed by atoms with Crippen LogP contribution < -0.4 is 0 Å². The third-order valence-electron chi connectivity index (χ3n) is 3.91. The molecule has 2 saturated heterocycles. The second kappa shape index (κ2) is 5.36. The minimum absolute atomic E-state index is 0.0382. The van der Waals surface area contributed by atoms with Crippen molar-refractivity contribution < 1.29 is 19.4 Å². The summed E-state index contributed by atoms with van der Waals surface area (Å²) in [5.74, 6) is -0.842. The smallest absolute Gasteiger partial charge is 0.320 e. The van der Waals surface area contributed by atoms with Crippen LogP contribution in [0.1, 0.15) is 33.1 Å². The number of likely N-dealkylation sites (tertiary alicyclic amines) is 1. The van der Waals surface area contributed by atoms with Crippen molar-refractivity contribution >= 4 is 12.0 Å². The van der Waals surface area contributed by atoms with Gasteiger partial charge >= 0.3 is 12.0 Å². The average molecular weight is 270 g/mol. The van der Waals surface area contributed by atoms with Gasteiger partial charge in [0.05, 0.1) is 25.2 Å². The topological polar surface area (TPSA) is 70.1 Å². The van der Waals surface area contributed by atoms with E-state index in [1.54, 1.807) is 4.90 Å². The molecule has 6 nitrogen and oxygen atoms in total. The van der Waals surface area contributed by atoms with Gasteiger partial charge in [-0.25, -0.2) is 4.79 Å². The summed E-state index contributed by atoms with van der Waals surface area (Å²) in [4.78, 5) is 27.0. The largest absolute Gasteiger partial charge is 0.481 e. The Balaban J connectivity index is 2.07. The lowest BCUT2D eigenvalue weighted by atomic mass is 10.0. The van der Waals surface area contributed by atoms with Gasteiger partial charge in [-0.2, -0.15) is 0 Å². The summed E-state index contributed by atoms with van der Waals surface area (Å²) in [5.41, 5.74) is -0.328. The molecule has 0 aromatic carbocycles. The predicted octanol–water partition coefficient (Wildman–Crippen LogP) is 1.16. The van der Waals surface area contributed by atoms with Crippen molar-refractivity contribution in [1.29, 1.82) is 0 Å². The van der Waals surface area contributed by atoms with Gasteiger partial charge in [0.25, 0.3) is 0 Å². The van der Waals surface area contributed by atoms with Crippen molar-refractivity contribution in [2.75, 3.05) is 26.3 Å². The summed E-state index contributed by atoms with van der Waals surface area (Å²) in [6.45, 7) is 6.26. The number of aliphatic carboxylic acids is 1. The second-order valence-corrected chi connectivity index (χ2v) is 5.89. The number of carbonyl (C=O) groups is 2.